The maximum atomic E-state index is 12.4. The van der Waals surface area contributed by atoms with Crippen LogP contribution in [0.3, 0.4) is 0 Å². The topological polar surface area (TPSA) is 54.7 Å². The summed E-state index contributed by atoms with van der Waals surface area (Å²) < 4.78 is 6.73. The molecular weight excluding hydrogens is 304 g/mol. The minimum atomic E-state index is -0.383. The highest BCUT2D eigenvalue weighted by Gasteiger charge is 2.25. The fourth-order valence-corrected chi connectivity index (χ4v) is 3.09. The van der Waals surface area contributed by atoms with E-state index in [-0.39, 0.29) is 11.3 Å². The van der Waals surface area contributed by atoms with E-state index in [1.807, 2.05) is 6.07 Å². The van der Waals surface area contributed by atoms with Gasteiger partial charge >= 0.3 is 0 Å². The lowest BCUT2D eigenvalue weighted by Gasteiger charge is -2.24. The molecule has 2 heterocycles. The third kappa shape index (κ3) is 4.24. The molecule has 0 aromatic carbocycles. The molecule has 2 rings (SSSR count). The van der Waals surface area contributed by atoms with E-state index in [9.17, 15) is 9.90 Å². The number of nitrogens with zero attached hydrogens (tertiary/aromatic N) is 2. The van der Waals surface area contributed by atoms with Crippen molar-refractivity contribution in [1.29, 1.82) is 0 Å². The van der Waals surface area contributed by atoms with Crippen LogP contribution in [-0.2, 0) is 17.8 Å². The smallest absolute Gasteiger partial charge is 0.293 e. The molecule has 5 heteroatoms. The maximum absolute atomic E-state index is 12.4. The first-order valence-electron chi connectivity index (χ1n) is 8.19. The molecule has 1 saturated heterocycles. The number of aromatic nitrogens is 1. The summed E-state index contributed by atoms with van der Waals surface area (Å²) in [6, 6.07) is 2.16. The van der Waals surface area contributed by atoms with Crippen molar-refractivity contribution >= 4 is 0 Å². The number of aromatic hydroxyl groups is 1. The zero-order chi connectivity index (χ0) is 17.5. The molecule has 130 valence electrons. The van der Waals surface area contributed by atoms with Gasteiger partial charge < -0.3 is 14.4 Å². The van der Waals surface area contributed by atoms with Gasteiger partial charge in [0.2, 0.25) is 0 Å². The van der Waals surface area contributed by atoms with Gasteiger partial charge in [0.25, 0.3) is 5.56 Å². The maximum Gasteiger partial charge on any atom is 0.293 e. The Hall–Kier alpha value is -2.11. The summed E-state index contributed by atoms with van der Waals surface area (Å²) in [4.78, 5) is 14.7. The zero-order valence-corrected chi connectivity index (χ0v) is 14.3. The van der Waals surface area contributed by atoms with E-state index in [2.05, 4.69) is 18.1 Å². The van der Waals surface area contributed by atoms with E-state index in [4.69, 9.17) is 4.74 Å². The number of pyridine rings is 1. The number of hydrogen-bond donors (Lipinski definition) is 1. The van der Waals surface area contributed by atoms with Crippen LogP contribution in [0.4, 0.5) is 0 Å². The Morgan fingerprint density at radius 2 is 2.29 bits per heavy atom. The molecule has 1 atom stereocenters. The first kappa shape index (κ1) is 18.2. The van der Waals surface area contributed by atoms with Crippen LogP contribution in [0.25, 0.3) is 0 Å². The summed E-state index contributed by atoms with van der Waals surface area (Å²) in [6.07, 6.45) is 9.04. The van der Waals surface area contributed by atoms with Crippen LogP contribution in [0.5, 0.6) is 5.75 Å². The zero-order valence-electron chi connectivity index (χ0n) is 14.3. The molecule has 1 aromatic heterocycles. The second-order valence-electron chi connectivity index (χ2n) is 6.03. The molecule has 1 aliphatic heterocycles. The normalized spacial score (nSPS) is 18.7. The molecule has 0 bridgehead atoms. The van der Waals surface area contributed by atoms with Crippen molar-refractivity contribution in [2.24, 2.45) is 0 Å². The first-order valence-corrected chi connectivity index (χ1v) is 8.19. The SMILES string of the molecule is C=C/C=C(\C=C)Cn1ccc(CN2CCC[C@@H]2COC)c(O)c1=O. The Balaban J connectivity index is 2.18. The van der Waals surface area contributed by atoms with Crippen molar-refractivity contribution in [3.8, 4) is 5.75 Å². The predicted molar refractivity (Wildman–Crippen MR) is 96.2 cm³/mol. The van der Waals surface area contributed by atoms with E-state index in [0.717, 1.165) is 25.0 Å². The van der Waals surface area contributed by atoms with Gasteiger partial charge in [0.1, 0.15) is 0 Å². The molecule has 1 N–H and O–H groups in total. The molecule has 1 aromatic rings. The number of ether oxygens (including phenoxy) is 1. The van der Waals surface area contributed by atoms with Crippen molar-refractivity contribution in [3.63, 3.8) is 0 Å². The van der Waals surface area contributed by atoms with Crippen molar-refractivity contribution in [3.05, 3.63) is 65.1 Å². The van der Waals surface area contributed by atoms with Gasteiger partial charge in [-0.3, -0.25) is 9.69 Å². The van der Waals surface area contributed by atoms with Crippen LogP contribution in [-0.4, -0.2) is 40.9 Å². The van der Waals surface area contributed by atoms with Crippen LogP contribution in [0.15, 0.2) is 54.0 Å². The first-order chi connectivity index (χ1) is 11.6. The highest BCUT2D eigenvalue weighted by Crippen LogP contribution is 2.22. The minimum Gasteiger partial charge on any atom is -0.503 e. The van der Waals surface area contributed by atoms with Gasteiger partial charge in [0.05, 0.1) is 13.2 Å². The summed E-state index contributed by atoms with van der Waals surface area (Å²) in [5.41, 5.74) is 1.14. The van der Waals surface area contributed by atoms with Crippen LogP contribution >= 0.6 is 0 Å². The number of likely N-dealkylation sites (tertiary alicyclic amines) is 1. The average Bonchev–Trinajstić information content (AvgIpc) is 3.01. The second kappa shape index (κ2) is 8.66. The Bertz CT molecular complexity index is 676. The van der Waals surface area contributed by atoms with Gasteiger partial charge in [-0.2, -0.15) is 0 Å². The quantitative estimate of drug-likeness (QED) is 0.744. The second-order valence-corrected chi connectivity index (χ2v) is 6.03. The lowest BCUT2D eigenvalue weighted by molar-refractivity contribution is 0.111. The van der Waals surface area contributed by atoms with Gasteiger partial charge in [0, 0.05) is 31.5 Å². The van der Waals surface area contributed by atoms with E-state index < -0.39 is 0 Å². The largest absolute Gasteiger partial charge is 0.503 e. The van der Waals surface area contributed by atoms with Crippen molar-refractivity contribution in [1.82, 2.24) is 9.47 Å². The number of rotatable bonds is 8. The van der Waals surface area contributed by atoms with E-state index in [1.165, 1.54) is 4.57 Å². The predicted octanol–water partition coefficient (Wildman–Crippen LogP) is 2.46. The number of hydrogen-bond acceptors (Lipinski definition) is 4. The summed E-state index contributed by atoms with van der Waals surface area (Å²) in [5.74, 6) is -0.178. The molecule has 24 heavy (non-hydrogen) atoms. The fraction of sp³-hybridized carbons (Fsp3) is 0.421. The molecule has 1 aliphatic rings. The summed E-state index contributed by atoms with van der Waals surface area (Å²) >= 11 is 0. The van der Waals surface area contributed by atoms with Gasteiger partial charge in [-0.15, -0.1) is 0 Å². The molecule has 0 aliphatic carbocycles. The van der Waals surface area contributed by atoms with Gasteiger partial charge in [0.15, 0.2) is 5.75 Å². The summed E-state index contributed by atoms with van der Waals surface area (Å²) in [7, 11) is 1.70. The lowest BCUT2D eigenvalue weighted by Crippen LogP contribution is -2.33. The summed E-state index contributed by atoms with van der Waals surface area (Å²) in [5, 5.41) is 10.3. The van der Waals surface area contributed by atoms with Crippen molar-refractivity contribution < 1.29 is 9.84 Å². The van der Waals surface area contributed by atoms with Gasteiger partial charge in [-0.1, -0.05) is 31.4 Å². The lowest BCUT2D eigenvalue weighted by atomic mass is 10.2. The van der Waals surface area contributed by atoms with Crippen LogP contribution < -0.4 is 5.56 Å². The fourth-order valence-electron chi connectivity index (χ4n) is 3.09. The molecule has 0 spiro atoms. The Morgan fingerprint density at radius 3 is 2.96 bits per heavy atom. The van der Waals surface area contributed by atoms with Gasteiger partial charge in [-0.05, 0) is 31.0 Å². The van der Waals surface area contributed by atoms with Gasteiger partial charge in [-0.25, -0.2) is 0 Å². The monoisotopic (exact) mass is 330 g/mol. The number of methoxy groups -OCH3 is 1. The highest BCUT2D eigenvalue weighted by molar-refractivity contribution is 5.30. The van der Waals surface area contributed by atoms with Crippen LogP contribution in [0, 0.1) is 0 Å². The average molecular weight is 330 g/mol. The standard InChI is InChI=1S/C19H26N2O3/c1-4-7-15(5-2)12-21-11-9-16(18(22)19(21)23)13-20-10-6-8-17(20)14-24-3/h4-5,7,9,11,17,22H,1-2,6,8,10,12-14H2,3H3/b15-7+/t17-/m1/s1. The molecule has 0 radical (unpaired) electrons. The molecule has 0 saturated carbocycles. The molecule has 1 fully saturated rings. The molecule has 0 unspecified atom stereocenters. The van der Waals surface area contributed by atoms with E-state index in [0.29, 0.717) is 31.3 Å². The van der Waals surface area contributed by atoms with Crippen LogP contribution in [0.1, 0.15) is 18.4 Å². The Kier molecular flexibility index (Phi) is 6.58. The summed E-state index contributed by atoms with van der Waals surface area (Å²) in [6.45, 7) is 9.93. The van der Waals surface area contributed by atoms with Crippen molar-refractivity contribution in [2.45, 2.75) is 32.0 Å². The molecule has 5 nitrogen and oxygen atoms in total. The number of allylic oxidation sites excluding steroid dienone is 4. The molecular formula is C19H26N2O3. The van der Waals surface area contributed by atoms with E-state index >= 15 is 0 Å². The highest BCUT2D eigenvalue weighted by atomic mass is 16.5. The van der Waals surface area contributed by atoms with Crippen molar-refractivity contribution in [2.75, 3.05) is 20.3 Å². The van der Waals surface area contributed by atoms with Crippen LogP contribution in [0.2, 0.25) is 0 Å². The van der Waals surface area contributed by atoms with E-state index in [1.54, 1.807) is 31.5 Å². The Labute approximate surface area is 143 Å². The Morgan fingerprint density at radius 1 is 1.50 bits per heavy atom. The third-order valence-corrected chi connectivity index (χ3v) is 4.40. The minimum absolute atomic E-state index is 0.178. The third-order valence-electron chi connectivity index (χ3n) is 4.40. The molecule has 0 amide bonds.